The highest BCUT2D eigenvalue weighted by Gasteiger charge is 2.29. The van der Waals surface area contributed by atoms with Crippen LogP contribution in [-0.4, -0.2) is 35.0 Å². The molecule has 0 spiro atoms. The summed E-state index contributed by atoms with van der Waals surface area (Å²) in [5.74, 6) is -0.834. The predicted octanol–water partition coefficient (Wildman–Crippen LogP) is 2.87. The van der Waals surface area contributed by atoms with E-state index in [1.165, 1.54) is 6.26 Å². The van der Waals surface area contributed by atoms with Gasteiger partial charge in [-0.25, -0.2) is 0 Å². The van der Waals surface area contributed by atoms with Crippen molar-refractivity contribution in [2.45, 2.75) is 46.5 Å². The van der Waals surface area contributed by atoms with Gasteiger partial charge in [0.1, 0.15) is 12.2 Å². The molecule has 0 bridgehead atoms. The van der Waals surface area contributed by atoms with Crippen LogP contribution >= 0.6 is 0 Å². The highest BCUT2D eigenvalue weighted by Crippen LogP contribution is 2.31. The molecule has 0 radical (unpaired) electrons. The maximum Gasteiger partial charge on any atom is 0.311 e. The Kier molecular flexibility index (Phi) is 4.40. The van der Waals surface area contributed by atoms with E-state index in [9.17, 15) is 9.59 Å². The van der Waals surface area contributed by atoms with Crippen molar-refractivity contribution in [3.8, 4) is 0 Å². The van der Waals surface area contributed by atoms with E-state index in [1.807, 2.05) is 4.90 Å². The van der Waals surface area contributed by atoms with Gasteiger partial charge in [-0.15, -0.1) is 0 Å². The summed E-state index contributed by atoms with van der Waals surface area (Å²) >= 11 is 0. The van der Waals surface area contributed by atoms with E-state index in [0.29, 0.717) is 17.7 Å². The average Bonchev–Trinajstić information content (AvgIpc) is 2.62. The SMILES string of the molecule is Cc1coc(CC(=O)O)c1C(=O)N1CCCC(C)(C)CC1. The number of aliphatic carboxylic acids is 1. The second-order valence-electron chi connectivity index (χ2n) is 6.60. The van der Waals surface area contributed by atoms with Gasteiger partial charge in [-0.1, -0.05) is 13.8 Å². The average molecular weight is 293 g/mol. The summed E-state index contributed by atoms with van der Waals surface area (Å²) in [5, 5.41) is 8.92. The van der Waals surface area contributed by atoms with Crippen molar-refractivity contribution < 1.29 is 19.1 Å². The van der Waals surface area contributed by atoms with Gasteiger partial charge >= 0.3 is 5.97 Å². The standard InChI is InChI=1S/C16H23NO4/c1-11-10-21-12(9-13(18)19)14(11)15(20)17-7-4-5-16(2,3)6-8-17/h10H,4-9H2,1-3H3,(H,18,19). The Hall–Kier alpha value is -1.78. The fraction of sp³-hybridized carbons (Fsp3) is 0.625. The second-order valence-corrected chi connectivity index (χ2v) is 6.60. The monoisotopic (exact) mass is 293 g/mol. The number of rotatable bonds is 3. The van der Waals surface area contributed by atoms with Crippen LogP contribution in [0, 0.1) is 12.3 Å². The van der Waals surface area contributed by atoms with Crippen LogP contribution < -0.4 is 0 Å². The Balaban J connectivity index is 2.20. The number of hydrogen-bond acceptors (Lipinski definition) is 3. The van der Waals surface area contributed by atoms with Gasteiger partial charge in [-0.05, 0) is 31.6 Å². The summed E-state index contributed by atoms with van der Waals surface area (Å²) in [6.45, 7) is 7.66. The van der Waals surface area contributed by atoms with Gasteiger partial charge < -0.3 is 14.4 Å². The van der Waals surface area contributed by atoms with E-state index in [1.54, 1.807) is 6.92 Å². The lowest BCUT2D eigenvalue weighted by Crippen LogP contribution is -2.33. The molecule has 0 saturated carbocycles. The maximum absolute atomic E-state index is 12.7. The van der Waals surface area contributed by atoms with Crippen molar-refractivity contribution in [2.24, 2.45) is 5.41 Å². The van der Waals surface area contributed by atoms with Gasteiger partial charge in [0.15, 0.2) is 0 Å². The van der Waals surface area contributed by atoms with Crippen molar-refractivity contribution in [2.75, 3.05) is 13.1 Å². The molecule has 2 rings (SSSR count). The van der Waals surface area contributed by atoms with E-state index < -0.39 is 5.97 Å². The summed E-state index contributed by atoms with van der Waals surface area (Å²) in [4.78, 5) is 25.4. The number of aryl methyl sites for hydroxylation is 1. The number of likely N-dealkylation sites (tertiary alicyclic amines) is 1. The largest absolute Gasteiger partial charge is 0.481 e. The van der Waals surface area contributed by atoms with Crippen LogP contribution in [0.25, 0.3) is 0 Å². The van der Waals surface area contributed by atoms with Gasteiger partial charge in [-0.2, -0.15) is 0 Å². The van der Waals surface area contributed by atoms with Crippen LogP contribution in [-0.2, 0) is 11.2 Å². The summed E-state index contributed by atoms with van der Waals surface area (Å²) in [6.07, 6.45) is 4.25. The molecule has 1 N–H and O–H groups in total. The Morgan fingerprint density at radius 3 is 2.71 bits per heavy atom. The number of carboxylic acids is 1. The number of furan rings is 1. The van der Waals surface area contributed by atoms with Gasteiger partial charge in [-0.3, -0.25) is 9.59 Å². The topological polar surface area (TPSA) is 70.7 Å². The van der Waals surface area contributed by atoms with E-state index in [4.69, 9.17) is 9.52 Å². The lowest BCUT2D eigenvalue weighted by Gasteiger charge is -2.23. The zero-order valence-electron chi connectivity index (χ0n) is 12.9. The first-order valence-corrected chi connectivity index (χ1v) is 7.38. The summed E-state index contributed by atoms with van der Waals surface area (Å²) < 4.78 is 5.26. The first-order valence-electron chi connectivity index (χ1n) is 7.38. The number of carbonyl (C=O) groups excluding carboxylic acids is 1. The zero-order chi connectivity index (χ0) is 15.6. The molecule has 1 aliphatic rings. The molecule has 0 unspecified atom stereocenters. The lowest BCUT2D eigenvalue weighted by molar-refractivity contribution is -0.136. The number of carbonyl (C=O) groups is 2. The number of amides is 1. The molecule has 0 aromatic carbocycles. The third kappa shape index (κ3) is 3.65. The Bertz CT molecular complexity index is 544. The van der Waals surface area contributed by atoms with Crippen LogP contribution in [0.5, 0.6) is 0 Å². The van der Waals surface area contributed by atoms with E-state index >= 15 is 0 Å². The smallest absolute Gasteiger partial charge is 0.311 e. The fourth-order valence-corrected chi connectivity index (χ4v) is 2.84. The predicted molar refractivity (Wildman–Crippen MR) is 78.3 cm³/mol. The molecule has 1 aromatic rings. The third-order valence-corrected chi connectivity index (χ3v) is 4.20. The first kappa shape index (κ1) is 15.6. The van der Waals surface area contributed by atoms with Crippen LogP contribution in [0.3, 0.4) is 0 Å². The van der Waals surface area contributed by atoms with Gasteiger partial charge in [0.05, 0.1) is 11.8 Å². The molecule has 1 aromatic heterocycles. The molecular formula is C16H23NO4. The quantitative estimate of drug-likeness (QED) is 0.930. The van der Waals surface area contributed by atoms with E-state index in [-0.39, 0.29) is 23.5 Å². The van der Waals surface area contributed by atoms with Crippen molar-refractivity contribution in [1.29, 1.82) is 0 Å². The van der Waals surface area contributed by atoms with E-state index in [2.05, 4.69) is 13.8 Å². The van der Waals surface area contributed by atoms with Gasteiger partial charge in [0.2, 0.25) is 0 Å². The minimum absolute atomic E-state index is 0.102. The molecule has 116 valence electrons. The summed E-state index contributed by atoms with van der Waals surface area (Å²) in [7, 11) is 0. The molecule has 2 heterocycles. The maximum atomic E-state index is 12.7. The Morgan fingerprint density at radius 1 is 1.33 bits per heavy atom. The molecule has 1 saturated heterocycles. The number of hydrogen-bond donors (Lipinski definition) is 1. The fourth-order valence-electron chi connectivity index (χ4n) is 2.84. The second kappa shape index (κ2) is 5.92. The molecule has 5 nitrogen and oxygen atoms in total. The highest BCUT2D eigenvalue weighted by atomic mass is 16.4. The first-order chi connectivity index (χ1) is 9.80. The molecular weight excluding hydrogens is 270 g/mol. The third-order valence-electron chi connectivity index (χ3n) is 4.20. The molecule has 1 fully saturated rings. The summed E-state index contributed by atoms with van der Waals surface area (Å²) in [6, 6.07) is 0. The van der Waals surface area contributed by atoms with Crippen molar-refractivity contribution in [3.05, 3.63) is 23.2 Å². The Labute approximate surface area is 124 Å². The molecule has 0 aliphatic carbocycles. The van der Waals surface area contributed by atoms with Crippen LogP contribution in [0.2, 0.25) is 0 Å². The summed E-state index contributed by atoms with van der Waals surface area (Å²) in [5.41, 5.74) is 1.39. The van der Waals surface area contributed by atoms with Crippen molar-refractivity contribution in [1.82, 2.24) is 4.90 Å². The molecule has 1 aliphatic heterocycles. The van der Waals surface area contributed by atoms with Crippen LogP contribution in [0.15, 0.2) is 10.7 Å². The molecule has 21 heavy (non-hydrogen) atoms. The molecule has 0 atom stereocenters. The van der Waals surface area contributed by atoms with Crippen molar-refractivity contribution >= 4 is 11.9 Å². The zero-order valence-corrected chi connectivity index (χ0v) is 12.9. The lowest BCUT2D eigenvalue weighted by atomic mass is 9.85. The minimum atomic E-state index is -0.990. The number of nitrogens with zero attached hydrogens (tertiary/aromatic N) is 1. The van der Waals surface area contributed by atoms with Crippen LogP contribution in [0.1, 0.15) is 54.8 Å². The van der Waals surface area contributed by atoms with Gasteiger partial charge in [0.25, 0.3) is 5.91 Å². The Morgan fingerprint density at radius 2 is 2.05 bits per heavy atom. The molecule has 1 amide bonds. The normalized spacial score (nSPS) is 18.3. The molecule has 5 heteroatoms. The number of carboxylic acid groups (broad SMARTS) is 1. The van der Waals surface area contributed by atoms with Crippen molar-refractivity contribution in [3.63, 3.8) is 0 Å². The van der Waals surface area contributed by atoms with E-state index in [0.717, 1.165) is 25.8 Å². The van der Waals surface area contributed by atoms with Crippen LogP contribution in [0.4, 0.5) is 0 Å². The highest BCUT2D eigenvalue weighted by molar-refractivity contribution is 5.97. The van der Waals surface area contributed by atoms with Gasteiger partial charge in [0, 0.05) is 18.7 Å². The minimum Gasteiger partial charge on any atom is -0.481 e.